The third kappa shape index (κ3) is 3.34. The molecule has 1 aromatic rings. The van der Waals surface area contributed by atoms with E-state index < -0.39 is 0 Å². The molecule has 1 amide bonds. The van der Waals surface area contributed by atoms with Gasteiger partial charge in [0.1, 0.15) is 0 Å². The van der Waals surface area contributed by atoms with Gasteiger partial charge < -0.3 is 10.6 Å². The van der Waals surface area contributed by atoms with E-state index >= 15 is 0 Å². The van der Waals surface area contributed by atoms with Gasteiger partial charge in [0.15, 0.2) is 0 Å². The van der Waals surface area contributed by atoms with Crippen molar-refractivity contribution in [2.75, 3.05) is 13.1 Å². The third-order valence-corrected chi connectivity index (χ3v) is 2.79. The Labute approximate surface area is 95.2 Å². The van der Waals surface area contributed by atoms with Crippen molar-refractivity contribution in [1.82, 2.24) is 20.4 Å². The molecule has 2 heterocycles. The van der Waals surface area contributed by atoms with Gasteiger partial charge in [-0.3, -0.25) is 9.48 Å². The van der Waals surface area contributed by atoms with Crippen LogP contribution in [-0.2, 0) is 11.3 Å². The molecule has 0 spiro atoms. The molecule has 1 fully saturated rings. The van der Waals surface area contributed by atoms with Crippen molar-refractivity contribution in [3.63, 3.8) is 0 Å². The lowest BCUT2D eigenvalue weighted by Crippen LogP contribution is -2.45. The van der Waals surface area contributed by atoms with E-state index in [0.29, 0.717) is 19.0 Å². The Kier molecular flexibility index (Phi) is 3.93. The van der Waals surface area contributed by atoms with Crippen molar-refractivity contribution in [3.05, 3.63) is 18.5 Å². The fourth-order valence-corrected chi connectivity index (χ4v) is 1.92. The van der Waals surface area contributed by atoms with Crippen LogP contribution in [0.2, 0.25) is 0 Å². The number of nitrogens with one attached hydrogen (secondary N) is 2. The van der Waals surface area contributed by atoms with Crippen LogP contribution in [0, 0.1) is 0 Å². The zero-order valence-corrected chi connectivity index (χ0v) is 9.35. The minimum atomic E-state index is 0.115. The summed E-state index contributed by atoms with van der Waals surface area (Å²) in [5, 5.41) is 10.4. The number of amides is 1. The van der Waals surface area contributed by atoms with Gasteiger partial charge >= 0.3 is 0 Å². The molecule has 1 aromatic heterocycles. The van der Waals surface area contributed by atoms with E-state index in [4.69, 9.17) is 0 Å². The van der Waals surface area contributed by atoms with E-state index in [0.717, 1.165) is 25.9 Å². The quantitative estimate of drug-likeness (QED) is 0.762. The number of hydrogen-bond donors (Lipinski definition) is 2. The molecule has 0 saturated carbocycles. The Morgan fingerprint density at radius 2 is 2.56 bits per heavy atom. The van der Waals surface area contributed by atoms with Crippen LogP contribution in [-0.4, -0.2) is 34.8 Å². The maximum absolute atomic E-state index is 11.6. The first kappa shape index (κ1) is 11.1. The van der Waals surface area contributed by atoms with Crippen LogP contribution in [0.25, 0.3) is 0 Å². The molecule has 0 radical (unpaired) electrons. The van der Waals surface area contributed by atoms with E-state index in [9.17, 15) is 4.79 Å². The van der Waals surface area contributed by atoms with Crippen LogP contribution in [0.5, 0.6) is 0 Å². The minimum Gasteiger partial charge on any atom is -0.352 e. The average Bonchev–Trinajstić information content (AvgIpc) is 2.81. The number of piperidine rings is 1. The van der Waals surface area contributed by atoms with E-state index in [1.54, 1.807) is 10.9 Å². The average molecular weight is 222 g/mol. The summed E-state index contributed by atoms with van der Waals surface area (Å²) in [4.78, 5) is 11.6. The van der Waals surface area contributed by atoms with Gasteiger partial charge in [0.2, 0.25) is 5.91 Å². The van der Waals surface area contributed by atoms with Crippen LogP contribution in [0.3, 0.4) is 0 Å². The second-order valence-electron chi connectivity index (χ2n) is 4.13. The van der Waals surface area contributed by atoms with Gasteiger partial charge in [0, 0.05) is 37.9 Å². The first-order valence-corrected chi connectivity index (χ1v) is 5.82. The molecule has 2 N–H and O–H groups in total. The number of aromatic nitrogens is 2. The molecule has 16 heavy (non-hydrogen) atoms. The molecular weight excluding hydrogens is 204 g/mol. The maximum atomic E-state index is 11.6. The zero-order valence-electron chi connectivity index (χ0n) is 9.35. The summed E-state index contributed by atoms with van der Waals surface area (Å²) in [5.74, 6) is 0.115. The number of carbonyl (C=O) groups is 1. The molecule has 88 valence electrons. The van der Waals surface area contributed by atoms with Gasteiger partial charge in [-0.1, -0.05) is 0 Å². The lowest BCUT2D eigenvalue weighted by Gasteiger charge is -2.23. The van der Waals surface area contributed by atoms with Gasteiger partial charge in [-0.05, 0) is 25.5 Å². The summed E-state index contributed by atoms with van der Waals surface area (Å²) in [6.45, 7) is 2.62. The predicted octanol–water partition coefficient (Wildman–Crippen LogP) is 0.141. The first-order chi connectivity index (χ1) is 7.84. The Balaban J connectivity index is 1.67. The highest BCUT2D eigenvalue weighted by Crippen LogP contribution is 2.01. The largest absolute Gasteiger partial charge is 0.352 e. The third-order valence-electron chi connectivity index (χ3n) is 2.79. The lowest BCUT2D eigenvalue weighted by molar-refractivity contribution is -0.122. The smallest absolute Gasteiger partial charge is 0.222 e. The summed E-state index contributed by atoms with van der Waals surface area (Å²) in [5.41, 5.74) is 0. The number of nitrogens with zero attached hydrogens (tertiary/aromatic N) is 2. The molecule has 1 saturated heterocycles. The molecule has 0 aromatic carbocycles. The highest BCUT2D eigenvalue weighted by Gasteiger charge is 2.14. The molecule has 1 aliphatic heterocycles. The van der Waals surface area contributed by atoms with E-state index in [2.05, 4.69) is 15.7 Å². The van der Waals surface area contributed by atoms with E-state index in [-0.39, 0.29) is 5.91 Å². The summed E-state index contributed by atoms with van der Waals surface area (Å²) in [6.07, 6.45) is 6.32. The van der Waals surface area contributed by atoms with Crippen LogP contribution < -0.4 is 10.6 Å². The molecular formula is C11H18N4O. The van der Waals surface area contributed by atoms with Crippen molar-refractivity contribution >= 4 is 5.91 Å². The van der Waals surface area contributed by atoms with E-state index in [1.165, 1.54) is 0 Å². The Morgan fingerprint density at radius 1 is 1.62 bits per heavy atom. The Hall–Kier alpha value is -1.36. The Bertz CT molecular complexity index is 317. The van der Waals surface area contributed by atoms with Gasteiger partial charge in [0.25, 0.3) is 0 Å². The molecule has 5 heteroatoms. The van der Waals surface area contributed by atoms with Crippen molar-refractivity contribution in [2.45, 2.75) is 31.8 Å². The predicted molar refractivity (Wildman–Crippen MR) is 60.9 cm³/mol. The molecule has 5 nitrogen and oxygen atoms in total. The van der Waals surface area contributed by atoms with E-state index in [1.807, 2.05) is 12.3 Å². The summed E-state index contributed by atoms with van der Waals surface area (Å²) in [6, 6.07) is 2.17. The summed E-state index contributed by atoms with van der Waals surface area (Å²) in [7, 11) is 0. The standard InChI is InChI=1S/C11H18N4O/c16-11(4-8-15-7-2-6-13-15)14-10-3-1-5-12-9-10/h2,6-7,10,12H,1,3-5,8-9H2,(H,14,16)/t10-/m0/s1. The fourth-order valence-electron chi connectivity index (χ4n) is 1.92. The number of rotatable bonds is 4. The second kappa shape index (κ2) is 5.65. The normalized spacial score (nSPS) is 20.6. The second-order valence-corrected chi connectivity index (χ2v) is 4.13. The monoisotopic (exact) mass is 222 g/mol. The molecule has 0 unspecified atom stereocenters. The zero-order chi connectivity index (χ0) is 11.2. The first-order valence-electron chi connectivity index (χ1n) is 5.82. The van der Waals surface area contributed by atoms with Crippen LogP contribution in [0.1, 0.15) is 19.3 Å². The molecule has 2 rings (SSSR count). The molecule has 1 atom stereocenters. The summed E-state index contributed by atoms with van der Waals surface area (Å²) < 4.78 is 1.78. The SMILES string of the molecule is O=C(CCn1cccn1)N[C@H]1CCCNC1. The number of hydrogen-bond acceptors (Lipinski definition) is 3. The van der Waals surface area contributed by atoms with Crippen LogP contribution >= 0.6 is 0 Å². The molecule has 1 aliphatic rings. The highest BCUT2D eigenvalue weighted by molar-refractivity contribution is 5.76. The topological polar surface area (TPSA) is 59.0 Å². The summed E-state index contributed by atoms with van der Waals surface area (Å²) >= 11 is 0. The molecule has 0 aliphatic carbocycles. The number of aryl methyl sites for hydroxylation is 1. The molecule has 0 bridgehead atoms. The minimum absolute atomic E-state index is 0.115. The van der Waals surface area contributed by atoms with Crippen molar-refractivity contribution in [3.8, 4) is 0 Å². The van der Waals surface area contributed by atoms with Gasteiger partial charge in [-0.2, -0.15) is 5.10 Å². The van der Waals surface area contributed by atoms with Crippen molar-refractivity contribution < 1.29 is 4.79 Å². The van der Waals surface area contributed by atoms with Crippen LogP contribution in [0.15, 0.2) is 18.5 Å². The van der Waals surface area contributed by atoms with Gasteiger partial charge in [-0.15, -0.1) is 0 Å². The van der Waals surface area contributed by atoms with Crippen molar-refractivity contribution in [2.24, 2.45) is 0 Å². The fraction of sp³-hybridized carbons (Fsp3) is 0.636. The van der Waals surface area contributed by atoms with Gasteiger partial charge in [0.05, 0.1) is 0 Å². The lowest BCUT2D eigenvalue weighted by atomic mass is 10.1. The van der Waals surface area contributed by atoms with Crippen LogP contribution in [0.4, 0.5) is 0 Å². The van der Waals surface area contributed by atoms with Gasteiger partial charge in [-0.25, -0.2) is 0 Å². The number of carbonyl (C=O) groups excluding carboxylic acids is 1. The maximum Gasteiger partial charge on any atom is 0.222 e. The Morgan fingerprint density at radius 3 is 3.25 bits per heavy atom. The highest BCUT2D eigenvalue weighted by atomic mass is 16.1. The van der Waals surface area contributed by atoms with Crippen molar-refractivity contribution in [1.29, 1.82) is 0 Å².